The van der Waals surface area contributed by atoms with Gasteiger partial charge in [-0.25, -0.2) is 0 Å². The van der Waals surface area contributed by atoms with E-state index in [0.717, 1.165) is 50.1 Å². The molecule has 0 saturated carbocycles. The van der Waals surface area contributed by atoms with Gasteiger partial charge in [0.25, 0.3) is 0 Å². The molecule has 2 nitrogen and oxygen atoms in total. The quantitative estimate of drug-likeness (QED) is 0.159. The Bertz CT molecular complexity index is 3740. The maximum absolute atomic E-state index is 6.48. The van der Waals surface area contributed by atoms with Gasteiger partial charge in [0, 0.05) is 38.4 Å². The molecule has 67 heavy (non-hydrogen) atoms. The Labute approximate surface area is 392 Å². The highest BCUT2D eigenvalue weighted by molar-refractivity contribution is 6.14. The molecular weight excluding hydrogens is 811 g/mol. The fourth-order valence-corrected chi connectivity index (χ4v) is 11.8. The Hall–Kier alpha value is -8.20. The van der Waals surface area contributed by atoms with Crippen LogP contribution in [0.15, 0.2) is 235 Å². The summed E-state index contributed by atoms with van der Waals surface area (Å²) in [5.74, 6) is 0. The summed E-state index contributed by atoms with van der Waals surface area (Å²) in [7, 11) is 0. The number of rotatable bonds is 7. The highest BCUT2D eigenvalue weighted by Crippen LogP contribution is 2.56. The van der Waals surface area contributed by atoms with Crippen LogP contribution < -0.4 is 4.90 Å². The number of furan rings is 1. The molecule has 1 heterocycles. The molecule has 0 fully saturated rings. The molecule has 0 spiro atoms. The van der Waals surface area contributed by atoms with E-state index in [1.807, 2.05) is 6.07 Å². The van der Waals surface area contributed by atoms with Crippen LogP contribution >= 0.6 is 0 Å². The average molecular weight is 858 g/mol. The molecule has 0 amide bonds. The molecule has 318 valence electrons. The van der Waals surface area contributed by atoms with Crippen LogP contribution in [-0.2, 0) is 10.8 Å². The van der Waals surface area contributed by atoms with Crippen molar-refractivity contribution >= 4 is 39.0 Å². The van der Waals surface area contributed by atoms with Gasteiger partial charge in [0.05, 0.1) is 11.4 Å². The van der Waals surface area contributed by atoms with Crippen molar-refractivity contribution in [3.8, 4) is 55.6 Å². The third kappa shape index (κ3) is 5.82. The SMILES string of the molecule is CC1(C)c2ccccc2-c2cccc(-c3ccccc3N(c3ccc(-c4ccc5c(c4)C(C)(c4ccccc4)c4ccccc4-5)cc3)c3ccccc3-c3cccc4oc5ccccc5c34)c21. The van der Waals surface area contributed by atoms with Gasteiger partial charge < -0.3 is 9.32 Å². The van der Waals surface area contributed by atoms with E-state index in [2.05, 4.69) is 250 Å². The predicted molar refractivity (Wildman–Crippen MR) is 280 cm³/mol. The molecule has 11 aromatic rings. The molecule has 0 saturated heterocycles. The number of anilines is 3. The third-order valence-electron chi connectivity index (χ3n) is 15.0. The van der Waals surface area contributed by atoms with E-state index in [4.69, 9.17) is 4.42 Å². The number of para-hydroxylation sites is 3. The van der Waals surface area contributed by atoms with Crippen molar-refractivity contribution in [1.29, 1.82) is 0 Å². The van der Waals surface area contributed by atoms with Crippen molar-refractivity contribution in [1.82, 2.24) is 0 Å². The molecule has 0 radical (unpaired) electrons. The Morgan fingerprint density at radius 3 is 1.61 bits per heavy atom. The molecule has 13 rings (SSSR count). The standard InChI is InChI=1S/C65H47NO/c1-64(2)55-29-12-7-22-47(55)52-27-17-28-53(63(52)64)50-24-10-15-32-59(50)66(58-31-14-9-23-49(58)51-26-18-34-61-62(51)54-25-11-16-33-60(54)67-61)45-38-35-42(36-39-45)43-37-40-48-46-21-8-13-30-56(46)65(3,57(48)41-43)44-19-5-4-6-20-44/h4-41H,1-3H3. The minimum Gasteiger partial charge on any atom is -0.456 e. The lowest BCUT2D eigenvalue weighted by atomic mass is 9.74. The van der Waals surface area contributed by atoms with Crippen molar-refractivity contribution in [2.75, 3.05) is 4.90 Å². The Morgan fingerprint density at radius 2 is 0.866 bits per heavy atom. The van der Waals surface area contributed by atoms with Gasteiger partial charge in [0.15, 0.2) is 0 Å². The van der Waals surface area contributed by atoms with E-state index < -0.39 is 0 Å². The monoisotopic (exact) mass is 857 g/mol. The van der Waals surface area contributed by atoms with Crippen LogP contribution in [0.25, 0.3) is 77.6 Å². The average Bonchev–Trinajstić information content (AvgIpc) is 3.98. The first-order chi connectivity index (χ1) is 32.9. The van der Waals surface area contributed by atoms with Crippen LogP contribution in [0.4, 0.5) is 17.1 Å². The summed E-state index contributed by atoms with van der Waals surface area (Å²) in [6.45, 7) is 7.15. The molecule has 2 heteroatoms. The first-order valence-electron chi connectivity index (χ1n) is 23.4. The van der Waals surface area contributed by atoms with Crippen molar-refractivity contribution in [2.45, 2.75) is 31.6 Å². The largest absolute Gasteiger partial charge is 0.456 e. The van der Waals surface area contributed by atoms with E-state index in [1.165, 1.54) is 72.3 Å². The first-order valence-corrected chi connectivity index (χ1v) is 23.4. The van der Waals surface area contributed by atoms with E-state index in [0.29, 0.717) is 0 Å². The molecule has 10 aromatic carbocycles. The lowest BCUT2D eigenvalue weighted by molar-refractivity contribution is 0.662. The van der Waals surface area contributed by atoms with Crippen molar-refractivity contribution in [3.63, 3.8) is 0 Å². The zero-order valence-corrected chi connectivity index (χ0v) is 37.8. The van der Waals surface area contributed by atoms with Crippen LogP contribution in [0.5, 0.6) is 0 Å². The molecule has 2 aliphatic carbocycles. The number of fused-ring (bicyclic) bond motifs is 9. The van der Waals surface area contributed by atoms with Gasteiger partial charge in [0.1, 0.15) is 11.2 Å². The second-order valence-electron chi connectivity index (χ2n) is 18.9. The maximum Gasteiger partial charge on any atom is 0.136 e. The van der Waals surface area contributed by atoms with Crippen molar-refractivity contribution in [3.05, 3.63) is 258 Å². The van der Waals surface area contributed by atoms with Crippen LogP contribution in [-0.4, -0.2) is 0 Å². The first kappa shape index (κ1) is 39.2. The van der Waals surface area contributed by atoms with Crippen molar-refractivity contribution < 1.29 is 4.42 Å². The van der Waals surface area contributed by atoms with E-state index >= 15 is 0 Å². The molecule has 1 atom stereocenters. The fraction of sp³-hybridized carbons (Fsp3) is 0.0769. The van der Waals surface area contributed by atoms with Crippen LogP contribution in [0.2, 0.25) is 0 Å². The molecular formula is C65H47NO. The topological polar surface area (TPSA) is 16.4 Å². The smallest absolute Gasteiger partial charge is 0.136 e. The predicted octanol–water partition coefficient (Wildman–Crippen LogP) is 17.7. The number of nitrogens with zero attached hydrogens (tertiary/aromatic N) is 1. The number of benzene rings is 10. The van der Waals surface area contributed by atoms with Gasteiger partial charge in [-0.05, 0) is 122 Å². The Balaban J connectivity index is 1.00. The zero-order chi connectivity index (χ0) is 44.9. The van der Waals surface area contributed by atoms with E-state index in [1.54, 1.807) is 0 Å². The molecule has 0 N–H and O–H groups in total. The molecule has 2 aliphatic rings. The molecule has 1 unspecified atom stereocenters. The summed E-state index contributed by atoms with van der Waals surface area (Å²) >= 11 is 0. The zero-order valence-electron chi connectivity index (χ0n) is 37.8. The highest BCUT2D eigenvalue weighted by atomic mass is 16.3. The van der Waals surface area contributed by atoms with Crippen molar-refractivity contribution in [2.24, 2.45) is 0 Å². The van der Waals surface area contributed by atoms with Crippen LogP contribution in [0.1, 0.15) is 48.6 Å². The molecule has 1 aromatic heterocycles. The van der Waals surface area contributed by atoms with Gasteiger partial charge in [-0.15, -0.1) is 0 Å². The normalized spacial score (nSPS) is 15.3. The van der Waals surface area contributed by atoms with Crippen LogP contribution in [0, 0.1) is 0 Å². The summed E-state index contributed by atoms with van der Waals surface area (Å²) in [5.41, 5.74) is 23.6. The lowest BCUT2D eigenvalue weighted by Crippen LogP contribution is -2.22. The minimum absolute atomic E-state index is 0.189. The Morgan fingerprint density at radius 1 is 0.358 bits per heavy atom. The fourth-order valence-electron chi connectivity index (χ4n) is 11.8. The summed E-state index contributed by atoms with van der Waals surface area (Å²) < 4.78 is 6.48. The summed E-state index contributed by atoms with van der Waals surface area (Å²) in [4.78, 5) is 2.48. The van der Waals surface area contributed by atoms with Gasteiger partial charge >= 0.3 is 0 Å². The van der Waals surface area contributed by atoms with Gasteiger partial charge in [-0.3, -0.25) is 0 Å². The van der Waals surface area contributed by atoms with Crippen LogP contribution in [0.3, 0.4) is 0 Å². The molecule has 0 aliphatic heterocycles. The second kappa shape index (κ2) is 14.9. The molecule has 0 bridgehead atoms. The summed E-state index contributed by atoms with van der Waals surface area (Å²) in [6, 6.07) is 84.7. The summed E-state index contributed by atoms with van der Waals surface area (Å²) in [6.07, 6.45) is 0. The van der Waals surface area contributed by atoms with E-state index in [-0.39, 0.29) is 10.8 Å². The number of hydrogen-bond donors (Lipinski definition) is 0. The Kier molecular flexibility index (Phi) is 8.73. The minimum atomic E-state index is -0.274. The third-order valence-corrected chi connectivity index (χ3v) is 15.0. The van der Waals surface area contributed by atoms with Gasteiger partial charge in [-0.2, -0.15) is 0 Å². The lowest BCUT2D eigenvalue weighted by Gasteiger charge is -2.31. The number of hydrogen-bond acceptors (Lipinski definition) is 2. The highest BCUT2D eigenvalue weighted by Gasteiger charge is 2.41. The van der Waals surface area contributed by atoms with Gasteiger partial charge in [-0.1, -0.05) is 202 Å². The maximum atomic E-state index is 6.48. The second-order valence-corrected chi connectivity index (χ2v) is 18.9. The van der Waals surface area contributed by atoms with E-state index in [9.17, 15) is 0 Å². The van der Waals surface area contributed by atoms with Gasteiger partial charge in [0.2, 0.25) is 0 Å². The summed E-state index contributed by atoms with van der Waals surface area (Å²) in [5, 5.41) is 2.23.